The van der Waals surface area contributed by atoms with Crippen molar-refractivity contribution in [2.75, 3.05) is 34.4 Å². The fourth-order valence-electron chi connectivity index (χ4n) is 2.55. The molecular weight excluding hydrogens is 467 g/mol. The van der Waals surface area contributed by atoms with Crippen LogP contribution in [0.1, 0.15) is 5.56 Å². The normalized spacial score (nSPS) is 11.4. The van der Waals surface area contributed by atoms with E-state index in [1.54, 1.807) is 19.2 Å². The summed E-state index contributed by atoms with van der Waals surface area (Å²) < 4.78 is 50.1. The average molecular weight is 489 g/mol. The molecule has 0 spiro atoms. The highest BCUT2D eigenvalue weighted by atomic mass is 79.9. The summed E-state index contributed by atoms with van der Waals surface area (Å²) in [6, 6.07) is 8.02. The van der Waals surface area contributed by atoms with Gasteiger partial charge in [-0.2, -0.15) is 4.31 Å². The van der Waals surface area contributed by atoms with Crippen LogP contribution in [0.2, 0.25) is 0 Å². The van der Waals surface area contributed by atoms with Crippen molar-refractivity contribution in [1.82, 2.24) is 9.62 Å². The number of methoxy groups -OCH3 is 2. The summed E-state index contributed by atoms with van der Waals surface area (Å²) in [5.41, 5.74) is 0.898. The number of rotatable bonds is 9. The number of carbonyl (C=O) groups is 1. The van der Waals surface area contributed by atoms with E-state index in [0.29, 0.717) is 24.5 Å². The van der Waals surface area contributed by atoms with Gasteiger partial charge in [-0.05, 0) is 48.4 Å². The maximum atomic E-state index is 13.0. The second kappa shape index (κ2) is 10.0. The van der Waals surface area contributed by atoms with E-state index in [4.69, 9.17) is 9.47 Å². The van der Waals surface area contributed by atoms with Crippen LogP contribution in [0.25, 0.3) is 0 Å². The van der Waals surface area contributed by atoms with Gasteiger partial charge in [-0.3, -0.25) is 4.79 Å². The molecular formula is C19H22BrFN2O5S. The Labute approximate surface area is 178 Å². The van der Waals surface area contributed by atoms with Gasteiger partial charge in [0.25, 0.3) is 0 Å². The molecule has 0 atom stereocenters. The number of hydrogen-bond acceptors (Lipinski definition) is 5. The first-order valence-electron chi connectivity index (χ1n) is 8.58. The minimum Gasteiger partial charge on any atom is -0.493 e. The average Bonchev–Trinajstić information content (AvgIpc) is 2.69. The van der Waals surface area contributed by atoms with E-state index in [2.05, 4.69) is 21.2 Å². The van der Waals surface area contributed by atoms with Crippen LogP contribution in [0.5, 0.6) is 11.5 Å². The summed E-state index contributed by atoms with van der Waals surface area (Å²) in [5.74, 6) is 0.169. The lowest BCUT2D eigenvalue weighted by Crippen LogP contribution is -2.39. The number of amides is 1. The van der Waals surface area contributed by atoms with Gasteiger partial charge in [0.15, 0.2) is 11.5 Å². The molecule has 1 N–H and O–H groups in total. The Bertz CT molecular complexity index is 967. The van der Waals surface area contributed by atoms with Crippen LogP contribution < -0.4 is 14.8 Å². The third-order valence-electron chi connectivity index (χ3n) is 4.16. The van der Waals surface area contributed by atoms with Crippen LogP contribution in [-0.4, -0.2) is 53.0 Å². The first kappa shape index (κ1) is 23.1. The van der Waals surface area contributed by atoms with E-state index < -0.39 is 21.7 Å². The second-order valence-corrected chi connectivity index (χ2v) is 9.01. The number of ether oxygens (including phenoxy) is 2. The Kier molecular flexibility index (Phi) is 8.00. The van der Waals surface area contributed by atoms with E-state index >= 15 is 0 Å². The molecule has 2 aromatic carbocycles. The number of likely N-dealkylation sites (N-methyl/N-ethyl adjacent to an activating group) is 1. The number of sulfonamides is 1. The fraction of sp³-hybridized carbons (Fsp3) is 0.316. The van der Waals surface area contributed by atoms with Crippen molar-refractivity contribution in [2.45, 2.75) is 11.3 Å². The third-order valence-corrected chi connectivity index (χ3v) is 6.71. The quantitative estimate of drug-likeness (QED) is 0.586. The van der Waals surface area contributed by atoms with Crippen LogP contribution in [0.15, 0.2) is 45.8 Å². The van der Waals surface area contributed by atoms with Crippen molar-refractivity contribution in [1.29, 1.82) is 0 Å². The number of nitrogens with zero attached hydrogens (tertiary/aromatic N) is 1. The first-order chi connectivity index (χ1) is 13.7. The molecule has 0 saturated carbocycles. The lowest BCUT2D eigenvalue weighted by atomic mass is 10.1. The maximum Gasteiger partial charge on any atom is 0.243 e. The molecule has 0 aliphatic heterocycles. The zero-order valence-electron chi connectivity index (χ0n) is 16.2. The molecule has 0 bridgehead atoms. The van der Waals surface area contributed by atoms with Gasteiger partial charge in [0, 0.05) is 18.1 Å². The van der Waals surface area contributed by atoms with E-state index in [1.807, 2.05) is 0 Å². The molecule has 7 nitrogen and oxygen atoms in total. The molecule has 0 unspecified atom stereocenters. The van der Waals surface area contributed by atoms with E-state index in [1.165, 1.54) is 14.2 Å². The Morgan fingerprint density at radius 2 is 1.72 bits per heavy atom. The molecule has 2 rings (SSSR count). The standard InChI is InChI=1S/C19H22BrFN2O5S/c1-23(29(25,26)15-6-4-14(21)5-7-15)12-19(24)22-9-8-13-10-17(27-2)18(28-3)11-16(13)20/h4-7,10-11H,8-9,12H2,1-3H3,(H,22,24). The van der Waals surface area contributed by atoms with Crippen molar-refractivity contribution >= 4 is 31.9 Å². The van der Waals surface area contributed by atoms with Crippen LogP contribution in [0, 0.1) is 5.82 Å². The predicted molar refractivity (Wildman–Crippen MR) is 110 cm³/mol. The van der Waals surface area contributed by atoms with E-state index in [-0.39, 0.29) is 11.4 Å². The van der Waals surface area contributed by atoms with Crippen LogP contribution in [-0.2, 0) is 21.2 Å². The first-order valence-corrected chi connectivity index (χ1v) is 10.8. The molecule has 29 heavy (non-hydrogen) atoms. The molecule has 0 heterocycles. The number of halogens is 2. The summed E-state index contributed by atoms with van der Waals surface area (Å²) in [6.07, 6.45) is 0.501. The molecule has 2 aromatic rings. The van der Waals surface area contributed by atoms with Gasteiger partial charge < -0.3 is 14.8 Å². The fourth-order valence-corrected chi connectivity index (χ4v) is 4.20. The van der Waals surface area contributed by atoms with Gasteiger partial charge in [-0.1, -0.05) is 15.9 Å². The third kappa shape index (κ3) is 5.91. The van der Waals surface area contributed by atoms with Crippen molar-refractivity contribution in [2.24, 2.45) is 0 Å². The van der Waals surface area contributed by atoms with E-state index in [0.717, 1.165) is 38.6 Å². The Morgan fingerprint density at radius 1 is 1.14 bits per heavy atom. The summed E-state index contributed by atoms with van der Waals surface area (Å²) in [6.45, 7) is -0.0514. The summed E-state index contributed by atoms with van der Waals surface area (Å²) >= 11 is 3.45. The van der Waals surface area contributed by atoms with E-state index in [9.17, 15) is 17.6 Å². The van der Waals surface area contributed by atoms with Gasteiger partial charge >= 0.3 is 0 Å². The highest BCUT2D eigenvalue weighted by molar-refractivity contribution is 9.10. The molecule has 158 valence electrons. The van der Waals surface area contributed by atoms with Crippen molar-refractivity contribution in [3.05, 3.63) is 52.3 Å². The maximum absolute atomic E-state index is 13.0. The van der Waals surface area contributed by atoms with Gasteiger partial charge in [0.1, 0.15) is 5.82 Å². The van der Waals surface area contributed by atoms with Crippen molar-refractivity contribution in [3.8, 4) is 11.5 Å². The molecule has 0 aliphatic carbocycles. The van der Waals surface area contributed by atoms with Gasteiger partial charge in [0.2, 0.25) is 15.9 Å². The van der Waals surface area contributed by atoms with Crippen molar-refractivity contribution in [3.63, 3.8) is 0 Å². The summed E-state index contributed by atoms with van der Waals surface area (Å²) in [4.78, 5) is 12.1. The smallest absolute Gasteiger partial charge is 0.243 e. The summed E-state index contributed by atoms with van der Waals surface area (Å²) in [7, 11) is 0.490. The lowest BCUT2D eigenvalue weighted by Gasteiger charge is -2.17. The molecule has 0 fully saturated rings. The molecule has 0 aliphatic rings. The van der Waals surface area contributed by atoms with Gasteiger partial charge in [-0.25, -0.2) is 12.8 Å². The van der Waals surface area contributed by atoms with Gasteiger partial charge in [-0.15, -0.1) is 0 Å². The van der Waals surface area contributed by atoms with Crippen LogP contribution in [0.3, 0.4) is 0 Å². The molecule has 1 amide bonds. The SMILES string of the molecule is COc1cc(Br)c(CCNC(=O)CN(C)S(=O)(=O)c2ccc(F)cc2)cc1OC. The summed E-state index contributed by atoms with van der Waals surface area (Å²) in [5, 5.41) is 2.69. The highest BCUT2D eigenvalue weighted by Gasteiger charge is 2.22. The molecule has 0 aromatic heterocycles. The minimum atomic E-state index is -3.88. The number of carbonyl (C=O) groups excluding carboxylic acids is 1. The monoisotopic (exact) mass is 488 g/mol. The van der Waals surface area contributed by atoms with Crippen LogP contribution >= 0.6 is 15.9 Å². The second-order valence-electron chi connectivity index (χ2n) is 6.11. The minimum absolute atomic E-state index is 0.0801. The highest BCUT2D eigenvalue weighted by Crippen LogP contribution is 2.33. The van der Waals surface area contributed by atoms with Gasteiger partial charge in [0.05, 0.1) is 25.7 Å². The number of benzene rings is 2. The largest absolute Gasteiger partial charge is 0.493 e. The van der Waals surface area contributed by atoms with Crippen molar-refractivity contribution < 1.29 is 27.1 Å². The molecule has 0 saturated heterocycles. The Balaban J connectivity index is 1.94. The number of nitrogens with one attached hydrogen (secondary N) is 1. The lowest BCUT2D eigenvalue weighted by molar-refractivity contribution is -0.121. The Hall–Kier alpha value is -2.17. The zero-order chi connectivity index (χ0) is 21.6. The number of hydrogen-bond donors (Lipinski definition) is 1. The zero-order valence-corrected chi connectivity index (χ0v) is 18.6. The molecule has 10 heteroatoms. The predicted octanol–water partition coefficient (Wildman–Crippen LogP) is 2.58. The molecule has 0 radical (unpaired) electrons. The van der Waals surface area contributed by atoms with Crippen LogP contribution in [0.4, 0.5) is 4.39 Å². The topological polar surface area (TPSA) is 84.9 Å². The Morgan fingerprint density at radius 3 is 2.31 bits per heavy atom.